The first-order valence-corrected chi connectivity index (χ1v) is 7.72. The molecule has 0 bridgehead atoms. The molecule has 0 fully saturated rings. The van der Waals surface area contributed by atoms with E-state index >= 15 is 0 Å². The van der Waals surface area contributed by atoms with Gasteiger partial charge in [-0.2, -0.15) is 0 Å². The van der Waals surface area contributed by atoms with Crippen LogP contribution in [0.3, 0.4) is 0 Å². The number of fused-ring (bicyclic) bond motifs is 1. The number of nitrogens with one attached hydrogen (secondary N) is 1. The van der Waals surface area contributed by atoms with Crippen LogP contribution in [-0.4, -0.2) is 17.0 Å². The third-order valence-electron chi connectivity index (χ3n) is 3.68. The standard InChI is InChI=1S/C19H14ClNO3/c20-17-6-2-3-14-15(17)4-1-5-16(14)19(24)21-13-9-7-12(8-10-13)11-18(22)23/h1-10H,11H2,(H,21,24)(H,22,23). The van der Waals surface area contributed by atoms with Crippen LogP contribution in [0.4, 0.5) is 5.69 Å². The minimum absolute atomic E-state index is 0.0456. The monoisotopic (exact) mass is 339 g/mol. The Morgan fingerprint density at radius 2 is 1.58 bits per heavy atom. The smallest absolute Gasteiger partial charge is 0.307 e. The van der Waals surface area contributed by atoms with Gasteiger partial charge in [0.15, 0.2) is 0 Å². The maximum atomic E-state index is 12.6. The largest absolute Gasteiger partial charge is 0.481 e. The van der Waals surface area contributed by atoms with Crippen LogP contribution in [0.15, 0.2) is 60.7 Å². The summed E-state index contributed by atoms with van der Waals surface area (Å²) in [7, 11) is 0. The number of aliphatic carboxylic acids is 1. The highest BCUT2D eigenvalue weighted by Gasteiger charge is 2.11. The molecule has 0 aromatic heterocycles. The molecule has 1 amide bonds. The lowest BCUT2D eigenvalue weighted by molar-refractivity contribution is -0.136. The molecule has 3 aromatic carbocycles. The third kappa shape index (κ3) is 3.39. The Balaban J connectivity index is 1.85. The molecule has 4 nitrogen and oxygen atoms in total. The molecule has 120 valence electrons. The summed E-state index contributed by atoms with van der Waals surface area (Å²) in [5, 5.41) is 13.8. The lowest BCUT2D eigenvalue weighted by Crippen LogP contribution is -2.12. The normalized spacial score (nSPS) is 10.5. The van der Waals surface area contributed by atoms with Gasteiger partial charge in [-0.1, -0.05) is 48.0 Å². The minimum Gasteiger partial charge on any atom is -0.481 e. The van der Waals surface area contributed by atoms with Crippen molar-refractivity contribution in [2.45, 2.75) is 6.42 Å². The average Bonchev–Trinajstić information content (AvgIpc) is 2.56. The Morgan fingerprint density at radius 1 is 0.917 bits per heavy atom. The Kier molecular flexibility index (Phi) is 4.49. The van der Waals surface area contributed by atoms with Gasteiger partial charge in [0.1, 0.15) is 0 Å². The molecule has 3 rings (SSSR count). The number of hydrogen-bond donors (Lipinski definition) is 2. The molecule has 0 aliphatic heterocycles. The Morgan fingerprint density at radius 3 is 2.29 bits per heavy atom. The van der Waals surface area contributed by atoms with E-state index in [0.29, 0.717) is 21.8 Å². The summed E-state index contributed by atoms with van der Waals surface area (Å²) >= 11 is 6.17. The van der Waals surface area contributed by atoms with Crippen LogP contribution >= 0.6 is 11.6 Å². The van der Waals surface area contributed by atoms with Crippen molar-refractivity contribution in [3.05, 3.63) is 76.8 Å². The summed E-state index contributed by atoms with van der Waals surface area (Å²) in [5.41, 5.74) is 1.82. The van der Waals surface area contributed by atoms with E-state index in [9.17, 15) is 9.59 Å². The van der Waals surface area contributed by atoms with E-state index in [0.717, 1.165) is 10.8 Å². The number of rotatable bonds is 4. The first-order chi connectivity index (χ1) is 11.5. The molecule has 0 aliphatic carbocycles. The average molecular weight is 340 g/mol. The van der Waals surface area contributed by atoms with Crippen molar-refractivity contribution in [2.24, 2.45) is 0 Å². The van der Waals surface area contributed by atoms with Crippen molar-refractivity contribution >= 4 is 39.9 Å². The highest BCUT2D eigenvalue weighted by Crippen LogP contribution is 2.26. The zero-order valence-electron chi connectivity index (χ0n) is 12.6. The Labute approximate surface area is 143 Å². The van der Waals surface area contributed by atoms with Crippen LogP contribution < -0.4 is 5.32 Å². The van der Waals surface area contributed by atoms with Crippen molar-refractivity contribution in [3.8, 4) is 0 Å². The Bertz CT molecular complexity index is 920. The molecule has 24 heavy (non-hydrogen) atoms. The van der Waals surface area contributed by atoms with E-state index < -0.39 is 5.97 Å². The SMILES string of the molecule is O=C(O)Cc1ccc(NC(=O)c2cccc3c(Cl)cccc23)cc1. The zero-order valence-corrected chi connectivity index (χ0v) is 13.4. The minimum atomic E-state index is -0.889. The fraction of sp³-hybridized carbons (Fsp3) is 0.0526. The molecule has 0 radical (unpaired) electrons. The van der Waals surface area contributed by atoms with Crippen LogP contribution in [0.5, 0.6) is 0 Å². The van der Waals surface area contributed by atoms with Gasteiger partial charge in [0, 0.05) is 21.7 Å². The van der Waals surface area contributed by atoms with Crippen molar-refractivity contribution in [1.29, 1.82) is 0 Å². The molecule has 0 atom stereocenters. The number of carboxylic acid groups (broad SMARTS) is 1. The molecule has 0 aliphatic rings. The van der Waals surface area contributed by atoms with Crippen LogP contribution in [0, 0.1) is 0 Å². The second-order valence-corrected chi connectivity index (χ2v) is 5.77. The first kappa shape index (κ1) is 16.0. The fourth-order valence-electron chi connectivity index (χ4n) is 2.55. The molecule has 0 spiro atoms. The number of amides is 1. The Hall–Kier alpha value is -2.85. The molecule has 0 unspecified atom stereocenters. The summed E-state index contributed by atoms with van der Waals surface area (Å²) in [6.45, 7) is 0. The molecule has 0 saturated heterocycles. The van der Waals surface area contributed by atoms with Gasteiger partial charge in [-0.05, 0) is 35.2 Å². The summed E-state index contributed by atoms with van der Waals surface area (Å²) in [6, 6.07) is 17.6. The first-order valence-electron chi connectivity index (χ1n) is 7.34. The second kappa shape index (κ2) is 6.72. The van der Waals surface area contributed by atoms with Gasteiger partial charge in [-0.3, -0.25) is 9.59 Å². The number of benzene rings is 3. The zero-order chi connectivity index (χ0) is 17.1. The molecule has 0 heterocycles. The number of carboxylic acids is 1. The van der Waals surface area contributed by atoms with Crippen LogP contribution in [0.2, 0.25) is 5.02 Å². The van der Waals surface area contributed by atoms with E-state index in [1.807, 2.05) is 18.2 Å². The second-order valence-electron chi connectivity index (χ2n) is 5.36. The highest BCUT2D eigenvalue weighted by molar-refractivity contribution is 6.36. The number of halogens is 1. The lowest BCUT2D eigenvalue weighted by atomic mass is 10.0. The van der Waals surface area contributed by atoms with Crippen molar-refractivity contribution < 1.29 is 14.7 Å². The molecule has 3 aromatic rings. The summed E-state index contributed by atoms with van der Waals surface area (Å²) in [5.74, 6) is -1.13. The van der Waals surface area contributed by atoms with Crippen LogP contribution in [0.25, 0.3) is 10.8 Å². The highest BCUT2D eigenvalue weighted by atomic mass is 35.5. The quantitative estimate of drug-likeness (QED) is 0.741. The summed E-state index contributed by atoms with van der Waals surface area (Å²) < 4.78 is 0. The van der Waals surface area contributed by atoms with Crippen LogP contribution in [-0.2, 0) is 11.2 Å². The van der Waals surface area contributed by atoms with E-state index in [4.69, 9.17) is 16.7 Å². The summed E-state index contributed by atoms with van der Waals surface area (Å²) in [4.78, 5) is 23.2. The fourth-order valence-corrected chi connectivity index (χ4v) is 2.79. The van der Waals surface area contributed by atoms with Gasteiger partial charge in [-0.25, -0.2) is 0 Å². The van der Waals surface area contributed by atoms with Crippen molar-refractivity contribution in [2.75, 3.05) is 5.32 Å². The van der Waals surface area contributed by atoms with Gasteiger partial charge in [0.25, 0.3) is 5.91 Å². The number of carbonyl (C=O) groups is 2. The van der Waals surface area contributed by atoms with E-state index in [1.54, 1.807) is 42.5 Å². The predicted molar refractivity (Wildman–Crippen MR) is 94.7 cm³/mol. The predicted octanol–water partition coefficient (Wildman–Crippen LogP) is 4.37. The number of anilines is 1. The van der Waals surface area contributed by atoms with Crippen molar-refractivity contribution in [1.82, 2.24) is 0 Å². The van der Waals surface area contributed by atoms with Gasteiger partial charge in [0.05, 0.1) is 6.42 Å². The van der Waals surface area contributed by atoms with Gasteiger partial charge >= 0.3 is 5.97 Å². The van der Waals surface area contributed by atoms with E-state index in [2.05, 4.69) is 5.32 Å². The van der Waals surface area contributed by atoms with E-state index in [-0.39, 0.29) is 12.3 Å². The van der Waals surface area contributed by atoms with Gasteiger partial charge < -0.3 is 10.4 Å². The molecular weight excluding hydrogens is 326 g/mol. The van der Waals surface area contributed by atoms with Gasteiger partial charge in [-0.15, -0.1) is 0 Å². The summed E-state index contributed by atoms with van der Waals surface area (Å²) in [6.07, 6.45) is -0.0456. The maximum Gasteiger partial charge on any atom is 0.307 e. The van der Waals surface area contributed by atoms with Gasteiger partial charge in [0.2, 0.25) is 0 Å². The molecule has 0 saturated carbocycles. The third-order valence-corrected chi connectivity index (χ3v) is 4.01. The molecular formula is C19H14ClNO3. The lowest BCUT2D eigenvalue weighted by Gasteiger charge is -2.09. The van der Waals surface area contributed by atoms with Crippen molar-refractivity contribution in [3.63, 3.8) is 0 Å². The number of hydrogen-bond acceptors (Lipinski definition) is 2. The van der Waals surface area contributed by atoms with E-state index in [1.165, 1.54) is 0 Å². The topological polar surface area (TPSA) is 66.4 Å². The number of carbonyl (C=O) groups excluding carboxylic acids is 1. The molecule has 2 N–H and O–H groups in total. The molecule has 5 heteroatoms. The maximum absolute atomic E-state index is 12.6. The van der Waals surface area contributed by atoms with Crippen LogP contribution in [0.1, 0.15) is 15.9 Å².